The van der Waals surface area contributed by atoms with Crippen LogP contribution in [-0.4, -0.2) is 23.0 Å². The minimum atomic E-state index is -1.01. The van der Waals surface area contributed by atoms with Crippen LogP contribution in [0.15, 0.2) is 30.3 Å². The molecule has 1 rings (SSSR count). The van der Waals surface area contributed by atoms with E-state index in [1.807, 2.05) is 30.3 Å². The van der Waals surface area contributed by atoms with Crippen LogP contribution in [0.25, 0.3) is 0 Å². The van der Waals surface area contributed by atoms with Crippen molar-refractivity contribution >= 4 is 11.9 Å². The lowest BCUT2D eigenvalue weighted by atomic mass is 9.83. The third-order valence-corrected chi connectivity index (χ3v) is 3.28. The summed E-state index contributed by atoms with van der Waals surface area (Å²) < 4.78 is 0. The molecule has 4 nitrogen and oxygen atoms in total. The van der Waals surface area contributed by atoms with Crippen LogP contribution in [0.2, 0.25) is 0 Å². The third-order valence-electron chi connectivity index (χ3n) is 3.28. The van der Waals surface area contributed by atoms with Crippen LogP contribution in [0.3, 0.4) is 0 Å². The lowest BCUT2D eigenvalue weighted by molar-refractivity contribution is -0.143. The highest BCUT2D eigenvalue weighted by Crippen LogP contribution is 2.23. The van der Waals surface area contributed by atoms with Gasteiger partial charge in [-0.15, -0.1) is 0 Å². The summed E-state index contributed by atoms with van der Waals surface area (Å²) in [6.07, 6.45) is 0. The number of carboxylic acid groups (broad SMARTS) is 1. The molecule has 1 aromatic rings. The second kappa shape index (κ2) is 5.87. The topological polar surface area (TPSA) is 66.4 Å². The number of nitrogens with one attached hydrogen (secondary N) is 1. The fourth-order valence-electron chi connectivity index (χ4n) is 1.82. The number of hydrogen-bond donors (Lipinski definition) is 2. The molecule has 0 aromatic heterocycles. The van der Waals surface area contributed by atoms with E-state index in [0.717, 1.165) is 5.56 Å². The Labute approximate surface area is 113 Å². The van der Waals surface area contributed by atoms with Crippen molar-refractivity contribution in [3.05, 3.63) is 35.9 Å². The number of aliphatic carboxylic acids is 1. The van der Waals surface area contributed by atoms with Crippen LogP contribution in [0.4, 0.5) is 0 Å². The summed E-state index contributed by atoms with van der Waals surface area (Å²) in [6.45, 7) is 7.12. The van der Waals surface area contributed by atoms with Gasteiger partial charge < -0.3 is 10.4 Å². The van der Waals surface area contributed by atoms with Crippen LogP contribution >= 0.6 is 0 Å². The minimum absolute atomic E-state index is 0.159. The quantitative estimate of drug-likeness (QED) is 0.855. The fourth-order valence-corrected chi connectivity index (χ4v) is 1.82. The predicted molar refractivity (Wildman–Crippen MR) is 73.9 cm³/mol. The van der Waals surface area contributed by atoms with Gasteiger partial charge in [-0.25, -0.2) is 4.79 Å². The van der Waals surface area contributed by atoms with Crippen molar-refractivity contribution in [3.8, 4) is 0 Å². The minimum Gasteiger partial charge on any atom is -0.480 e. The van der Waals surface area contributed by atoms with Gasteiger partial charge in [0, 0.05) is 0 Å². The van der Waals surface area contributed by atoms with E-state index in [2.05, 4.69) is 5.32 Å². The molecule has 1 amide bonds. The SMILES string of the molecule is CC(C)C(NC(=O)C(C)(C)c1ccccc1)C(=O)O. The van der Waals surface area contributed by atoms with Gasteiger partial charge in [-0.1, -0.05) is 44.2 Å². The first-order valence-corrected chi connectivity index (χ1v) is 6.36. The summed E-state index contributed by atoms with van der Waals surface area (Å²) in [5.41, 5.74) is 0.101. The van der Waals surface area contributed by atoms with Crippen molar-refractivity contribution in [2.24, 2.45) is 5.92 Å². The van der Waals surface area contributed by atoms with Gasteiger partial charge in [0.1, 0.15) is 6.04 Å². The second-order valence-electron chi connectivity index (χ2n) is 5.52. The number of rotatable bonds is 5. The zero-order valence-electron chi connectivity index (χ0n) is 11.8. The van der Waals surface area contributed by atoms with Gasteiger partial charge in [-0.05, 0) is 25.3 Å². The Hall–Kier alpha value is -1.84. The Morgan fingerprint density at radius 3 is 2.11 bits per heavy atom. The average Bonchev–Trinajstić information content (AvgIpc) is 2.35. The largest absolute Gasteiger partial charge is 0.480 e. The van der Waals surface area contributed by atoms with Gasteiger partial charge in [0.15, 0.2) is 0 Å². The summed E-state index contributed by atoms with van der Waals surface area (Å²) in [5, 5.41) is 11.7. The second-order valence-corrected chi connectivity index (χ2v) is 5.52. The monoisotopic (exact) mass is 263 g/mol. The number of carboxylic acids is 1. The number of benzene rings is 1. The molecule has 1 atom stereocenters. The predicted octanol–water partition coefficient (Wildman–Crippen LogP) is 2.19. The van der Waals surface area contributed by atoms with Gasteiger partial charge >= 0.3 is 5.97 Å². The molecule has 0 aliphatic heterocycles. The van der Waals surface area contributed by atoms with Gasteiger partial charge in [0.2, 0.25) is 5.91 Å². The van der Waals surface area contributed by atoms with Gasteiger partial charge in [-0.3, -0.25) is 4.79 Å². The smallest absolute Gasteiger partial charge is 0.326 e. The van der Waals surface area contributed by atoms with E-state index < -0.39 is 17.4 Å². The molecule has 0 saturated heterocycles. The van der Waals surface area contributed by atoms with Crippen molar-refractivity contribution in [3.63, 3.8) is 0 Å². The molecule has 0 fully saturated rings. The molecule has 2 N–H and O–H groups in total. The zero-order valence-corrected chi connectivity index (χ0v) is 11.8. The summed E-state index contributed by atoms with van der Waals surface area (Å²) in [7, 11) is 0. The summed E-state index contributed by atoms with van der Waals surface area (Å²) in [4.78, 5) is 23.4. The first kappa shape index (κ1) is 15.2. The maximum absolute atomic E-state index is 12.3. The Bertz CT molecular complexity index is 452. The molecule has 0 aliphatic carbocycles. The van der Waals surface area contributed by atoms with Crippen LogP contribution in [-0.2, 0) is 15.0 Å². The lowest BCUT2D eigenvalue weighted by Crippen LogP contribution is -2.50. The Balaban J connectivity index is 2.91. The van der Waals surface area contributed by atoms with E-state index in [-0.39, 0.29) is 11.8 Å². The molecule has 0 aliphatic rings. The van der Waals surface area contributed by atoms with Crippen LogP contribution < -0.4 is 5.32 Å². The molecule has 104 valence electrons. The molecule has 1 unspecified atom stereocenters. The molecule has 0 radical (unpaired) electrons. The van der Waals surface area contributed by atoms with Gasteiger partial charge in [-0.2, -0.15) is 0 Å². The highest BCUT2D eigenvalue weighted by Gasteiger charge is 2.33. The van der Waals surface area contributed by atoms with Gasteiger partial charge in [0.25, 0.3) is 0 Å². The molecule has 0 bridgehead atoms. The van der Waals surface area contributed by atoms with Crippen molar-refractivity contribution in [1.29, 1.82) is 0 Å². The number of carbonyl (C=O) groups is 2. The van der Waals surface area contributed by atoms with E-state index in [4.69, 9.17) is 5.11 Å². The highest BCUT2D eigenvalue weighted by atomic mass is 16.4. The Morgan fingerprint density at radius 1 is 1.16 bits per heavy atom. The maximum atomic E-state index is 12.3. The van der Waals surface area contributed by atoms with Crippen molar-refractivity contribution in [2.75, 3.05) is 0 Å². The summed E-state index contributed by atoms with van der Waals surface area (Å²) in [5.74, 6) is -1.44. The Morgan fingerprint density at radius 2 is 1.68 bits per heavy atom. The van der Waals surface area contributed by atoms with Crippen molar-refractivity contribution < 1.29 is 14.7 Å². The van der Waals surface area contributed by atoms with E-state index in [0.29, 0.717) is 0 Å². The van der Waals surface area contributed by atoms with E-state index in [9.17, 15) is 9.59 Å². The van der Waals surface area contributed by atoms with E-state index >= 15 is 0 Å². The zero-order chi connectivity index (χ0) is 14.6. The molecule has 4 heteroatoms. The molecule has 19 heavy (non-hydrogen) atoms. The normalized spacial score (nSPS) is 13.1. The number of carbonyl (C=O) groups excluding carboxylic acids is 1. The molecular formula is C15H21NO3. The van der Waals surface area contributed by atoms with Crippen LogP contribution in [0.1, 0.15) is 33.3 Å². The third kappa shape index (κ3) is 3.56. The maximum Gasteiger partial charge on any atom is 0.326 e. The van der Waals surface area contributed by atoms with Crippen molar-refractivity contribution in [1.82, 2.24) is 5.32 Å². The fraction of sp³-hybridized carbons (Fsp3) is 0.467. The van der Waals surface area contributed by atoms with Crippen molar-refractivity contribution in [2.45, 2.75) is 39.2 Å². The van der Waals surface area contributed by atoms with E-state index in [1.54, 1.807) is 27.7 Å². The Kier molecular flexibility index (Phi) is 4.70. The lowest BCUT2D eigenvalue weighted by Gasteiger charge is -2.27. The first-order valence-electron chi connectivity index (χ1n) is 6.36. The standard InChI is InChI=1S/C15H21NO3/c1-10(2)12(13(17)18)16-14(19)15(3,4)11-8-6-5-7-9-11/h5-10,12H,1-4H3,(H,16,19)(H,17,18). The molecule has 0 spiro atoms. The summed E-state index contributed by atoms with van der Waals surface area (Å²) >= 11 is 0. The molecule has 0 saturated carbocycles. The van der Waals surface area contributed by atoms with E-state index in [1.165, 1.54) is 0 Å². The number of hydrogen-bond acceptors (Lipinski definition) is 2. The van der Waals surface area contributed by atoms with Crippen LogP contribution in [0.5, 0.6) is 0 Å². The first-order chi connectivity index (χ1) is 8.76. The highest BCUT2D eigenvalue weighted by molar-refractivity contribution is 5.90. The molecular weight excluding hydrogens is 242 g/mol. The molecule has 0 heterocycles. The summed E-state index contributed by atoms with van der Waals surface area (Å²) in [6, 6.07) is 8.47. The van der Waals surface area contributed by atoms with Gasteiger partial charge in [0.05, 0.1) is 5.41 Å². The average molecular weight is 263 g/mol. The van der Waals surface area contributed by atoms with Crippen LogP contribution in [0, 0.1) is 5.92 Å². The molecule has 1 aromatic carbocycles. The number of amides is 1.